The molecule has 1 aromatic rings. The Hall–Kier alpha value is -0.343. The number of rotatable bonds is 2. The zero-order chi connectivity index (χ0) is 9.19. The van der Waals surface area contributed by atoms with Crippen molar-refractivity contribution in [2.45, 2.75) is 24.6 Å². The van der Waals surface area contributed by atoms with E-state index in [2.05, 4.69) is 24.6 Å². The fourth-order valence-corrected chi connectivity index (χ4v) is 2.33. The fraction of sp³-hybridized carbons (Fsp3) is 0.444. The lowest BCUT2D eigenvalue weighted by molar-refractivity contribution is 1.18. The Morgan fingerprint density at radius 3 is 2.50 bits per heavy atom. The van der Waals surface area contributed by atoms with Crippen molar-refractivity contribution >= 4 is 19.7 Å². The first-order valence-corrected chi connectivity index (χ1v) is 8.07. The molecule has 0 amide bonds. The number of alkyl halides is 1. The van der Waals surface area contributed by atoms with Crippen molar-refractivity contribution < 1.29 is 0 Å². The van der Waals surface area contributed by atoms with Crippen molar-refractivity contribution in [1.29, 1.82) is 0 Å². The maximum Gasteiger partial charge on any atom is 0.0705 e. The van der Waals surface area contributed by atoms with Gasteiger partial charge in [0.25, 0.3) is 0 Å². The topological polar surface area (TPSA) is 12.9 Å². The van der Waals surface area contributed by atoms with Gasteiger partial charge in [-0.1, -0.05) is 25.7 Å². The van der Waals surface area contributed by atoms with E-state index in [0.717, 1.165) is 5.56 Å². The molecule has 0 fully saturated rings. The van der Waals surface area contributed by atoms with Gasteiger partial charge in [0.05, 0.1) is 13.1 Å². The zero-order valence-corrected chi connectivity index (χ0v) is 9.47. The van der Waals surface area contributed by atoms with E-state index in [1.165, 1.54) is 0 Å². The Kier molecular flexibility index (Phi) is 2.91. The van der Waals surface area contributed by atoms with Crippen molar-refractivity contribution in [3.8, 4) is 0 Å². The minimum Gasteiger partial charge on any atom is -0.264 e. The average Bonchev–Trinajstić information content (AvgIpc) is 2.03. The third-order valence-corrected chi connectivity index (χ3v) is 5.81. The molecule has 0 spiro atoms. The summed E-state index contributed by atoms with van der Waals surface area (Å²) in [5, 5.41) is 0.172. The highest BCUT2D eigenvalue weighted by molar-refractivity contribution is 6.83. The van der Waals surface area contributed by atoms with Crippen LogP contribution in [0.4, 0.5) is 0 Å². The highest BCUT2D eigenvalue weighted by atomic mass is 35.5. The van der Waals surface area contributed by atoms with E-state index in [0.29, 0.717) is 0 Å². The van der Waals surface area contributed by atoms with Crippen LogP contribution in [0.15, 0.2) is 24.5 Å². The Bertz CT molecular complexity index is 242. The van der Waals surface area contributed by atoms with Gasteiger partial charge in [0, 0.05) is 12.4 Å². The smallest absolute Gasteiger partial charge is 0.0705 e. The van der Waals surface area contributed by atoms with Crippen molar-refractivity contribution in [1.82, 2.24) is 4.98 Å². The summed E-state index contributed by atoms with van der Waals surface area (Å²) in [7, 11) is -1.28. The average molecular weight is 200 g/mol. The highest BCUT2D eigenvalue weighted by Crippen LogP contribution is 2.29. The molecule has 1 atom stereocenters. The lowest BCUT2D eigenvalue weighted by atomic mass is 10.3. The summed E-state index contributed by atoms with van der Waals surface area (Å²) in [4.78, 5) is 4.06. The maximum atomic E-state index is 6.30. The largest absolute Gasteiger partial charge is 0.264 e. The van der Waals surface area contributed by atoms with Crippen LogP contribution in [0.25, 0.3) is 0 Å². The molecule has 0 saturated heterocycles. The second kappa shape index (κ2) is 3.58. The van der Waals surface area contributed by atoms with Gasteiger partial charge >= 0.3 is 0 Å². The van der Waals surface area contributed by atoms with Gasteiger partial charge in [0.2, 0.25) is 0 Å². The van der Waals surface area contributed by atoms with Gasteiger partial charge in [-0.25, -0.2) is 0 Å². The Morgan fingerprint density at radius 1 is 1.42 bits per heavy atom. The lowest BCUT2D eigenvalue weighted by Crippen LogP contribution is -2.27. The number of hydrogen-bond donors (Lipinski definition) is 0. The Morgan fingerprint density at radius 2 is 2.08 bits per heavy atom. The molecule has 0 bridgehead atoms. The molecule has 1 nitrogen and oxygen atoms in total. The van der Waals surface area contributed by atoms with Gasteiger partial charge in [-0.15, -0.1) is 11.6 Å². The van der Waals surface area contributed by atoms with E-state index in [9.17, 15) is 0 Å². The van der Waals surface area contributed by atoms with Crippen LogP contribution in [0.1, 0.15) is 10.6 Å². The van der Waals surface area contributed by atoms with Crippen LogP contribution in [0, 0.1) is 0 Å². The van der Waals surface area contributed by atoms with Crippen LogP contribution in [0.3, 0.4) is 0 Å². The monoisotopic (exact) mass is 199 g/mol. The molecule has 1 rings (SSSR count). The Balaban J connectivity index is 2.86. The minimum absolute atomic E-state index is 0.172. The lowest BCUT2D eigenvalue weighted by Gasteiger charge is -2.22. The second-order valence-corrected chi connectivity index (χ2v) is 10.1. The maximum absolute atomic E-state index is 6.30. The molecule has 0 aromatic carbocycles. The summed E-state index contributed by atoms with van der Waals surface area (Å²) in [6, 6.07) is 3.98. The molecule has 0 saturated carbocycles. The molecule has 12 heavy (non-hydrogen) atoms. The number of aromatic nitrogens is 1. The highest BCUT2D eigenvalue weighted by Gasteiger charge is 2.25. The molecule has 1 aromatic heterocycles. The van der Waals surface area contributed by atoms with Crippen molar-refractivity contribution in [2.75, 3.05) is 0 Å². The molecular formula is C9H14ClNSi. The standard InChI is InChI=1S/C9H14ClNSi/c1-12(2,3)9(10)8-5-4-6-11-7-8/h4-7,9H,1-3H3. The number of hydrogen-bond acceptors (Lipinski definition) is 1. The first-order chi connectivity index (χ1) is 5.52. The molecule has 0 aliphatic heterocycles. The van der Waals surface area contributed by atoms with Crippen LogP contribution in [-0.4, -0.2) is 13.1 Å². The second-order valence-electron chi connectivity index (χ2n) is 4.01. The molecule has 0 aliphatic rings. The van der Waals surface area contributed by atoms with E-state index in [4.69, 9.17) is 11.6 Å². The third kappa shape index (κ3) is 2.32. The van der Waals surface area contributed by atoms with E-state index in [1.54, 1.807) is 6.20 Å². The number of pyridine rings is 1. The van der Waals surface area contributed by atoms with E-state index in [-0.39, 0.29) is 5.00 Å². The van der Waals surface area contributed by atoms with Crippen LogP contribution in [0.2, 0.25) is 19.6 Å². The summed E-state index contributed by atoms with van der Waals surface area (Å²) >= 11 is 6.30. The van der Waals surface area contributed by atoms with Gasteiger partial charge in [-0.3, -0.25) is 4.98 Å². The molecule has 0 N–H and O–H groups in total. The van der Waals surface area contributed by atoms with Gasteiger partial charge in [0.1, 0.15) is 0 Å². The summed E-state index contributed by atoms with van der Waals surface area (Å²) in [6.07, 6.45) is 3.63. The SMILES string of the molecule is C[Si](C)(C)C(Cl)c1cccnc1. The quantitative estimate of drug-likeness (QED) is 0.527. The van der Waals surface area contributed by atoms with Crippen LogP contribution in [0.5, 0.6) is 0 Å². The van der Waals surface area contributed by atoms with Crippen molar-refractivity contribution in [2.24, 2.45) is 0 Å². The summed E-state index contributed by atoms with van der Waals surface area (Å²) < 4.78 is 0. The fourth-order valence-electron chi connectivity index (χ4n) is 1.03. The predicted octanol–water partition coefficient (Wildman–Crippen LogP) is 3.24. The Labute approximate surface area is 79.8 Å². The van der Waals surface area contributed by atoms with Gasteiger partial charge < -0.3 is 0 Å². The zero-order valence-electron chi connectivity index (χ0n) is 7.71. The molecule has 1 unspecified atom stereocenters. The predicted molar refractivity (Wildman–Crippen MR) is 56.2 cm³/mol. The van der Waals surface area contributed by atoms with Crippen LogP contribution >= 0.6 is 11.6 Å². The van der Waals surface area contributed by atoms with E-state index in [1.807, 2.05) is 18.3 Å². The molecular weight excluding hydrogens is 186 g/mol. The van der Waals surface area contributed by atoms with Crippen molar-refractivity contribution in [3.63, 3.8) is 0 Å². The normalized spacial score (nSPS) is 14.3. The number of nitrogens with zero attached hydrogens (tertiary/aromatic N) is 1. The minimum atomic E-state index is -1.28. The molecule has 3 heteroatoms. The van der Waals surface area contributed by atoms with Gasteiger partial charge in [-0.2, -0.15) is 0 Å². The van der Waals surface area contributed by atoms with Crippen molar-refractivity contribution in [3.05, 3.63) is 30.1 Å². The number of halogens is 1. The molecule has 0 aliphatic carbocycles. The summed E-state index contributed by atoms with van der Waals surface area (Å²) in [5.74, 6) is 0. The van der Waals surface area contributed by atoms with Crippen LogP contribution < -0.4 is 0 Å². The first kappa shape index (κ1) is 9.74. The first-order valence-electron chi connectivity index (χ1n) is 4.06. The van der Waals surface area contributed by atoms with Gasteiger partial charge in [-0.05, 0) is 11.6 Å². The van der Waals surface area contributed by atoms with E-state index < -0.39 is 8.07 Å². The van der Waals surface area contributed by atoms with E-state index >= 15 is 0 Å². The summed E-state index contributed by atoms with van der Waals surface area (Å²) in [6.45, 7) is 6.78. The molecule has 66 valence electrons. The van der Waals surface area contributed by atoms with Crippen LogP contribution in [-0.2, 0) is 0 Å². The summed E-state index contributed by atoms with van der Waals surface area (Å²) in [5.41, 5.74) is 1.15. The third-order valence-electron chi connectivity index (χ3n) is 1.74. The molecule has 0 radical (unpaired) electrons. The molecule has 1 heterocycles. The van der Waals surface area contributed by atoms with Gasteiger partial charge in [0.15, 0.2) is 0 Å².